The Morgan fingerprint density at radius 1 is 0.833 bits per heavy atom. The van der Waals surface area contributed by atoms with Gasteiger partial charge in [-0.05, 0) is 59.9 Å². The number of aryl methyl sites for hydroxylation is 3. The van der Waals surface area contributed by atoms with Gasteiger partial charge in [-0.25, -0.2) is 13.2 Å². The molecule has 0 radical (unpaired) electrons. The van der Waals surface area contributed by atoms with E-state index in [1.165, 1.54) is 12.8 Å². The van der Waals surface area contributed by atoms with Gasteiger partial charge >= 0.3 is 6.18 Å². The number of hydrogen-bond acceptors (Lipinski definition) is 4. The van der Waals surface area contributed by atoms with E-state index in [2.05, 4.69) is 11.7 Å². The van der Waals surface area contributed by atoms with Crippen molar-refractivity contribution >= 4 is 10.8 Å². The molecule has 0 N–H and O–H groups in total. The lowest BCUT2D eigenvalue weighted by molar-refractivity contribution is -0.227. The third kappa shape index (κ3) is 9.34. The molecule has 230 valence electrons. The van der Waals surface area contributed by atoms with E-state index >= 15 is 4.39 Å². The van der Waals surface area contributed by atoms with Crippen LogP contribution in [0, 0.1) is 17.5 Å². The highest BCUT2D eigenvalue weighted by Crippen LogP contribution is 2.28. The molecule has 1 aliphatic heterocycles. The zero-order valence-electron chi connectivity index (χ0n) is 23.6. The van der Waals surface area contributed by atoms with E-state index in [0.717, 1.165) is 35.9 Å². The van der Waals surface area contributed by atoms with Gasteiger partial charge in [-0.2, -0.15) is 13.2 Å². The molecule has 1 aliphatic rings. The zero-order valence-corrected chi connectivity index (χ0v) is 23.6. The van der Waals surface area contributed by atoms with Crippen molar-refractivity contribution in [3.05, 3.63) is 76.6 Å². The van der Waals surface area contributed by atoms with Gasteiger partial charge in [0.2, 0.25) is 0 Å². The van der Waals surface area contributed by atoms with E-state index in [1.54, 1.807) is 18.2 Å². The minimum Gasteiger partial charge on any atom is -0.478 e. The van der Waals surface area contributed by atoms with Crippen LogP contribution in [-0.4, -0.2) is 45.0 Å². The molecular formula is C32H36F6O4. The lowest BCUT2D eigenvalue weighted by Crippen LogP contribution is -2.37. The molecule has 42 heavy (non-hydrogen) atoms. The summed E-state index contributed by atoms with van der Waals surface area (Å²) in [5, 5.41) is 1.15. The Bertz CT molecular complexity index is 1280. The minimum atomic E-state index is -4.73. The van der Waals surface area contributed by atoms with Crippen molar-refractivity contribution in [2.45, 2.75) is 76.9 Å². The van der Waals surface area contributed by atoms with E-state index < -0.39 is 36.0 Å². The van der Waals surface area contributed by atoms with Gasteiger partial charge in [0.1, 0.15) is 11.9 Å². The maximum Gasteiger partial charge on any atom is 0.422 e. The number of benzene rings is 3. The fraction of sp³-hybridized carbons (Fsp3) is 0.500. The van der Waals surface area contributed by atoms with Crippen LogP contribution in [0.1, 0.15) is 55.7 Å². The lowest BCUT2D eigenvalue weighted by atomic mass is 9.98. The molecule has 0 saturated carbocycles. The maximum absolute atomic E-state index is 15.3. The molecule has 0 amide bonds. The fourth-order valence-corrected chi connectivity index (χ4v) is 4.91. The minimum absolute atomic E-state index is 0.0459. The highest BCUT2D eigenvalue weighted by atomic mass is 19.4. The smallest absolute Gasteiger partial charge is 0.422 e. The summed E-state index contributed by atoms with van der Waals surface area (Å²) in [6, 6.07) is 10.7. The molecule has 0 bridgehead atoms. The highest BCUT2D eigenvalue weighted by Gasteiger charge is 2.30. The van der Waals surface area contributed by atoms with Crippen molar-refractivity contribution in [2.75, 3.05) is 26.4 Å². The summed E-state index contributed by atoms with van der Waals surface area (Å²) in [4.78, 5) is 0. The van der Waals surface area contributed by atoms with Crippen molar-refractivity contribution in [1.29, 1.82) is 0 Å². The van der Waals surface area contributed by atoms with Crippen LogP contribution in [0.4, 0.5) is 26.3 Å². The van der Waals surface area contributed by atoms with Gasteiger partial charge in [0, 0.05) is 18.4 Å². The monoisotopic (exact) mass is 598 g/mol. The molecule has 0 aliphatic carbocycles. The Hall–Kier alpha value is -2.82. The predicted octanol–water partition coefficient (Wildman–Crippen LogP) is 8.25. The summed E-state index contributed by atoms with van der Waals surface area (Å²) in [7, 11) is 0. The Labute approximate surface area is 241 Å². The van der Waals surface area contributed by atoms with Gasteiger partial charge in [-0.3, -0.25) is 0 Å². The number of halogens is 6. The van der Waals surface area contributed by atoms with Crippen LogP contribution < -0.4 is 4.74 Å². The quantitative estimate of drug-likeness (QED) is 0.138. The number of fused-ring (bicyclic) bond motifs is 1. The first-order valence-electron chi connectivity index (χ1n) is 14.3. The molecule has 0 aromatic heterocycles. The maximum atomic E-state index is 15.3. The molecule has 3 aromatic carbocycles. The molecule has 4 rings (SSSR count). The van der Waals surface area contributed by atoms with Gasteiger partial charge in [0.05, 0.1) is 13.2 Å². The summed E-state index contributed by atoms with van der Waals surface area (Å²) in [5.41, 5.74) is 1.55. The molecule has 1 heterocycles. The Morgan fingerprint density at radius 2 is 1.57 bits per heavy atom. The van der Waals surface area contributed by atoms with Crippen LogP contribution in [0.15, 0.2) is 42.5 Å². The first-order chi connectivity index (χ1) is 20.1. The van der Waals surface area contributed by atoms with Crippen LogP contribution >= 0.6 is 0 Å². The number of hydrogen-bond donors (Lipinski definition) is 0. The first-order valence-corrected chi connectivity index (χ1v) is 14.3. The third-order valence-corrected chi connectivity index (χ3v) is 7.18. The first kappa shape index (κ1) is 32.1. The Balaban J connectivity index is 1.28. The highest BCUT2D eigenvalue weighted by molar-refractivity contribution is 5.84. The second kappa shape index (κ2) is 15.1. The average molecular weight is 599 g/mol. The van der Waals surface area contributed by atoms with Crippen molar-refractivity contribution in [3.63, 3.8) is 0 Å². The van der Waals surface area contributed by atoms with Crippen LogP contribution in [-0.2, 0) is 33.5 Å². The second-order valence-electron chi connectivity index (χ2n) is 10.6. The van der Waals surface area contributed by atoms with E-state index in [4.69, 9.17) is 14.2 Å². The van der Waals surface area contributed by atoms with E-state index in [9.17, 15) is 22.0 Å². The molecule has 4 nitrogen and oxygen atoms in total. The van der Waals surface area contributed by atoms with Crippen molar-refractivity contribution in [3.8, 4) is 5.75 Å². The third-order valence-electron chi connectivity index (χ3n) is 7.18. The number of ether oxygens (including phenoxy) is 4. The summed E-state index contributed by atoms with van der Waals surface area (Å²) >= 11 is 0. The van der Waals surface area contributed by atoms with Crippen molar-refractivity contribution in [1.82, 2.24) is 0 Å². The summed E-state index contributed by atoms with van der Waals surface area (Å²) < 4.78 is 102. The summed E-state index contributed by atoms with van der Waals surface area (Å²) in [5.74, 6) is -3.99. The van der Waals surface area contributed by atoms with Gasteiger partial charge in [0.25, 0.3) is 0 Å². The van der Waals surface area contributed by atoms with Crippen LogP contribution in [0.2, 0.25) is 0 Å². The fourth-order valence-electron chi connectivity index (χ4n) is 4.91. The molecule has 1 saturated heterocycles. The lowest BCUT2D eigenvalue weighted by Gasteiger charge is -2.29. The van der Waals surface area contributed by atoms with Gasteiger partial charge < -0.3 is 18.9 Å². The normalized spacial score (nSPS) is 17.6. The molecule has 0 atom stereocenters. The van der Waals surface area contributed by atoms with Gasteiger partial charge in [-0.15, -0.1) is 0 Å². The van der Waals surface area contributed by atoms with Crippen molar-refractivity contribution in [2.24, 2.45) is 0 Å². The molecule has 0 spiro atoms. The van der Waals surface area contributed by atoms with E-state index in [-0.39, 0.29) is 30.8 Å². The topological polar surface area (TPSA) is 36.9 Å². The summed E-state index contributed by atoms with van der Waals surface area (Å²) in [6.45, 7) is 2.08. The zero-order chi connectivity index (χ0) is 30.1. The summed E-state index contributed by atoms with van der Waals surface area (Å²) in [6.07, 6.45) is 1.08. The number of unbranched alkanes of at least 4 members (excludes halogenated alkanes) is 3. The predicted molar refractivity (Wildman–Crippen MR) is 147 cm³/mol. The van der Waals surface area contributed by atoms with Crippen LogP contribution in [0.5, 0.6) is 5.75 Å². The molecule has 1 fully saturated rings. The van der Waals surface area contributed by atoms with Crippen molar-refractivity contribution < 1.29 is 45.3 Å². The van der Waals surface area contributed by atoms with E-state index in [1.807, 2.05) is 12.1 Å². The average Bonchev–Trinajstić information content (AvgIpc) is 2.95. The van der Waals surface area contributed by atoms with Gasteiger partial charge in [0.15, 0.2) is 30.3 Å². The number of rotatable bonds is 14. The molecule has 0 unspecified atom stereocenters. The standard InChI is InChI=1S/C32H36F6O4/c1-2-3-4-5-14-39-25-18-40-29(41-19-25)13-8-21-7-12-26-24(15-21)11-10-23(30(26)35)9-6-22-16-27(33)31(28(34)17-22)42-20-32(36,37)38/h7,10-12,15-17,25,29H,2-6,8-9,13-14,18-20H2,1H3. The Kier molecular flexibility index (Phi) is 11.5. The van der Waals surface area contributed by atoms with Crippen LogP contribution in [0.25, 0.3) is 10.8 Å². The van der Waals surface area contributed by atoms with Crippen LogP contribution in [0.3, 0.4) is 0 Å². The molecular weight excluding hydrogens is 562 g/mol. The molecule has 10 heteroatoms. The Morgan fingerprint density at radius 3 is 2.26 bits per heavy atom. The van der Waals surface area contributed by atoms with Gasteiger partial charge in [-0.1, -0.05) is 56.5 Å². The van der Waals surface area contributed by atoms with E-state index in [0.29, 0.717) is 43.6 Å². The largest absolute Gasteiger partial charge is 0.478 e. The molecule has 3 aromatic rings. The number of alkyl halides is 3. The SMILES string of the molecule is CCCCCCOC1COC(CCc2ccc3c(F)c(CCc4cc(F)c(OCC(F)(F)F)c(F)c4)ccc3c2)OC1. The second-order valence-corrected chi connectivity index (χ2v) is 10.6.